The number of fused-ring (bicyclic) bond motifs is 4. The molecule has 4 aromatic heterocycles. The van der Waals surface area contributed by atoms with Gasteiger partial charge in [0.25, 0.3) is 23.6 Å². The van der Waals surface area contributed by atoms with Crippen molar-refractivity contribution in [3.05, 3.63) is 209 Å². The number of amides is 4. The highest BCUT2D eigenvalue weighted by molar-refractivity contribution is 7.97. The Balaban J connectivity index is 0.000000139. The van der Waals surface area contributed by atoms with Gasteiger partial charge in [0.1, 0.15) is 0 Å². The lowest BCUT2D eigenvalue weighted by molar-refractivity contribution is -0.139. The normalized spacial score (nSPS) is 18.8. The van der Waals surface area contributed by atoms with E-state index in [1.54, 1.807) is 77.7 Å². The second kappa shape index (κ2) is 36.3. The third-order valence-electron chi connectivity index (χ3n) is 24.3. The van der Waals surface area contributed by atoms with Crippen molar-refractivity contribution in [3.63, 3.8) is 0 Å². The van der Waals surface area contributed by atoms with Crippen molar-refractivity contribution in [3.8, 4) is 0 Å². The maximum atomic E-state index is 13.4. The quantitative estimate of drug-likeness (QED) is 0.0857. The number of aromatic nitrogens is 8. The van der Waals surface area contributed by atoms with Crippen molar-refractivity contribution in [2.24, 2.45) is 0 Å². The molecular formula is C84H98F12N14O8S2. The van der Waals surface area contributed by atoms with Crippen molar-refractivity contribution < 1.29 is 89.2 Å². The van der Waals surface area contributed by atoms with Crippen LogP contribution in [0.5, 0.6) is 0 Å². The molecule has 4 amide bonds. The van der Waals surface area contributed by atoms with Gasteiger partial charge in [-0.2, -0.15) is 77.4 Å². The Morgan fingerprint density at radius 1 is 0.417 bits per heavy atom. The summed E-state index contributed by atoms with van der Waals surface area (Å²) in [5.41, 5.74) is 7.50. The fraction of sp³-hybridized carbons (Fsp3) is 0.512. The van der Waals surface area contributed by atoms with E-state index in [1.807, 2.05) is 18.2 Å². The number of alkyl halides is 12. The van der Waals surface area contributed by atoms with Crippen LogP contribution in [0.1, 0.15) is 233 Å². The number of hydrogen-bond donors (Lipinski definition) is 2. The molecule has 0 spiro atoms. The molecule has 0 saturated carbocycles. The van der Waals surface area contributed by atoms with Gasteiger partial charge < -0.3 is 24.3 Å². The smallest absolute Gasteiger partial charge is 0.376 e. The van der Waals surface area contributed by atoms with Gasteiger partial charge in [0.2, 0.25) is 10.0 Å². The Hall–Kier alpha value is -9.39. The molecule has 36 heteroatoms. The van der Waals surface area contributed by atoms with E-state index in [0.717, 1.165) is 95.7 Å². The number of halogens is 12. The molecule has 8 aromatic rings. The molecule has 1 unspecified atom stereocenters. The molecule has 0 bridgehead atoms. The van der Waals surface area contributed by atoms with Gasteiger partial charge in [-0.3, -0.25) is 42.9 Å². The Kier molecular flexibility index (Phi) is 26.8. The number of ether oxygens (including phenoxy) is 1. The van der Waals surface area contributed by atoms with Crippen LogP contribution < -0.4 is 0 Å². The highest BCUT2D eigenvalue weighted by Gasteiger charge is 2.44. The van der Waals surface area contributed by atoms with Gasteiger partial charge in [-0.15, -0.1) is 0 Å². The molecule has 120 heavy (non-hydrogen) atoms. The van der Waals surface area contributed by atoms with Crippen molar-refractivity contribution in [2.45, 2.75) is 191 Å². The molecule has 0 radical (unpaired) electrons. The number of hydrogen-bond acceptors (Lipinski definition) is 12. The van der Waals surface area contributed by atoms with Gasteiger partial charge in [-0.25, -0.2) is 12.7 Å². The van der Waals surface area contributed by atoms with Gasteiger partial charge in [-0.1, -0.05) is 72.8 Å². The highest BCUT2D eigenvalue weighted by atomic mass is 32.2. The fourth-order valence-electron chi connectivity index (χ4n) is 18.0. The highest BCUT2D eigenvalue weighted by Crippen LogP contribution is 2.45. The average Bonchev–Trinajstić information content (AvgIpc) is 1.62. The number of H-pyrrole nitrogens is 2. The van der Waals surface area contributed by atoms with Crippen LogP contribution in [0.25, 0.3) is 0 Å². The third-order valence-corrected chi connectivity index (χ3v) is 27.0. The summed E-state index contributed by atoms with van der Waals surface area (Å²) in [7, 11) is -5.76. The summed E-state index contributed by atoms with van der Waals surface area (Å²) >= 11 is 0. The number of likely N-dealkylation sites (tertiary alicyclic amines) is 4. The number of nitrogens with one attached hydrogen (secondary N) is 2. The van der Waals surface area contributed by atoms with E-state index in [9.17, 15) is 84.5 Å². The van der Waals surface area contributed by atoms with Crippen molar-refractivity contribution in [2.75, 3.05) is 84.6 Å². The SMILES string of the molecule is C=S(C)(=O)N1CCc2c(C(=O)N3CCC(c4ccccc4C(F)(F)F)CC3)nn(CC)c2C1.CCn1nc(C(=O)N2CCC(c3ccccc3C(F)(F)F)CC2)c2c1CCN(S(C)(=O)=O)C2.O=C(c1n[nH]c2c1CCCC2)N1CCC(c2ccccc2C(F)(F)F)CC1.O=C(c1n[nH]c2c1COCC2)N1CCC(c2ccccc2C(F)(F)F)CC1. The molecule has 4 aromatic carbocycles. The van der Waals surface area contributed by atoms with Crippen LogP contribution in [0, 0.1) is 0 Å². The minimum Gasteiger partial charge on any atom is -0.376 e. The predicted octanol–water partition coefficient (Wildman–Crippen LogP) is 14.7. The summed E-state index contributed by atoms with van der Waals surface area (Å²) in [5.74, 6) is 2.11. The third kappa shape index (κ3) is 19.7. The van der Waals surface area contributed by atoms with Crippen molar-refractivity contribution >= 4 is 49.2 Å². The molecule has 1 aliphatic carbocycles. The first kappa shape index (κ1) is 88.4. The topological polar surface area (TPSA) is 241 Å². The van der Waals surface area contributed by atoms with Crippen LogP contribution in [-0.2, 0) is 114 Å². The van der Waals surface area contributed by atoms with Gasteiger partial charge in [0.15, 0.2) is 22.8 Å². The molecule has 16 rings (SSSR count). The molecule has 4 fully saturated rings. The first-order valence-electron chi connectivity index (χ1n) is 40.6. The Labute approximate surface area is 688 Å². The molecule has 4 saturated heterocycles. The van der Waals surface area contributed by atoms with Crippen molar-refractivity contribution in [1.82, 2.24) is 68.2 Å². The zero-order valence-electron chi connectivity index (χ0n) is 67.2. The number of rotatable bonds is 12. The second-order valence-corrected chi connectivity index (χ2v) is 36.2. The zero-order valence-corrected chi connectivity index (χ0v) is 68.8. The van der Waals surface area contributed by atoms with E-state index >= 15 is 0 Å². The van der Waals surface area contributed by atoms with Gasteiger partial charge in [0, 0.05) is 153 Å². The van der Waals surface area contributed by atoms with Crippen LogP contribution in [0.2, 0.25) is 0 Å². The van der Waals surface area contributed by atoms with Crippen LogP contribution in [0.4, 0.5) is 52.7 Å². The summed E-state index contributed by atoms with van der Waals surface area (Å²) in [6.45, 7) is 10.5. The number of sulfonamides is 1. The van der Waals surface area contributed by atoms with Gasteiger partial charge in [-0.05, 0) is 173 Å². The van der Waals surface area contributed by atoms with Crippen LogP contribution in [0.15, 0.2) is 97.1 Å². The van der Waals surface area contributed by atoms with Gasteiger partial charge in [0.05, 0.1) is 54.0 Å². The summed E-state index contributed by atoms with van der Waals surface area (Å²) in [6.07, 6.45) is -5.21. The summed E-state index contributed by atoms with van der Waals surface area (Å²) < 4.78 is 209. The molecule has 22 nitrogen and oxygen atoms in total. The van der Waals surface area contributed by atoms with Crippen LogP contribution >= 0.6 is 0 Å². The zero-order chi connectivity index (χ0) is 86.0. The summed E-state index contributed by atoms with van der Waals surface area (Å²) in [6, 6.07) is 22.8. The van der Waals surface area contributed by atoms with Gasteiger partial charge >= 0.3 is 24.7 Å². The summed E-state index contributed by atoms with van der Waals surface area (Å²) in [5, 5.41) is 23.3. The maximum absolute atomic E-state index is 13.4. The number of nitrogens with zero attached hydrogens (tertiary/aromatic N) is 12. The van der Waals surface area contributed by atoms with E-state index in [4.69, 9.17) is 4.74 Å². The number of aryl methyl sites for hydroxylation is 3. The Morgan fingerprint density at radius 3 is 1.13 bits per heavy atom. The molecular weight excluding hydrogens is 1630 g/mol. The summed E-state index contributed by atoms with van der Waals surface area (Å²) in [4.78, 5) is 59.1. The molecule has 8 aliphatic rings. The number of carbonyl (C=O) groups excluding carboxylic acids is 4. The van der Waals surface area contributed by atoms with E-state index in [-0.39, 0.29) is 65.1 Å². The Bertz CT molecular complexity index is 5120. The Morgan fingerprint density at radius 2 is 0.758 bits per heavy atom. The van der Waals surface area contributed by atoms with E-state index in [1.165, 1.54) is 34.6 Å². The van der Waals surface area contributed by atoms with E-state index in [0.29, 0.717) is 208 Å². The standard InChI is InChI=1S/C23H29F3N4O2S.C22H27F3N4O3S.C20H22F3N3O.C19H20F3N3O2/c1-4-30-20-15-29(33(2,3)32)14-11-18(20)21(27-30)22(31)28-12-9-16(10-13-28)17-7-5-6-8-19(17)23(24,25)26;1-3-29-19-10-13-28(33(2,31)32)14-17(19)20(26-29)21(30)27-11-8-15(9-12-27)16-6-4-5-7-18(16)22(23,24)25;21-20(22,23)16-7-3-1-5-14(16)13-9-11-26(12-10-13)19(27)18-15-6-2-4-8-17(15)24-25-18;20-19(21,22)15-4-2-1-3-13(15)12-5-8-25(9-6-12)18(26)17-14-11-27-10-7-16(14)23-24-17/h5-8,16H,2,4,9-15H2,1,3H3;4-7,15H,3,8-14H2,1-2H3;1,3,5,7,13H,2,4,6,8-12H2,(H,24,25);1-4,12H,5-11H2,(H,23,24). The maximum Gasteiger partial charge on any atom is 0.416 e. The second-order valence-electron chi connectivity index (χ2n) is 31.8. The minimum absolute atomic E-state index is 0.100. The molecule has 648 valence electrons. The first-order valence-corrected chi connectivity index (χ1v) is 44.6. The first-order chi connectivity index (χ1) is 56.9. The lowest BCUT2D eigenvalue weighted by atomic mass is 9.86. The molecule has 1 atom stereocenters. The van der Waals surface area contributed by atoms with Crippen LogP contribution in [-0.4, -0.2) is 195 Å². The number of benzene rings is 4. The number of carbonyl (C=O) groups is 4. The largest absolute Gasteiger partial charge is 0.416 e. The molecule has 2 N–H and O–H groups in total. The van der Waals surface area contributed by atoms with Crippen molar-refractivity contribution in [1.29, 1.82) is 0 Å². The lowest BCUT2D eigenvalue weighted by Crippen LogP contribution is -2.40. The monoisotopic (exact) mass is 1720 g/mol. The van der Waals surface area contributed by atoms with Crippen LogP contribution in [0.3, 0.4) is 0 Å². The predicted molar refractivity (Wildman–Crippen MR) is 425 cm³/mol. The average molecular weight is 1720 g/mol. The minimum atomic E-state index is -4.42. The number of piperidine rings is 4. The fourth-order valence-corrected chi connectivity index (χ4v) is 19.6. The molecule has 11 heterocycles. The lowest BCUT2D eigenvalue weighted by Gasteiger charge is -2.33. The molecule has 7 aliphatic heterocycles. The van der Waals surface area contributed by atoms with E-state index < -0.39 is 66.7 Å². The van der Waals surface area contributed by atoms with E-state index in [2.05, 4.69) is 36.5 Å². The number of aromatic amines is 2.